The molecule has 0 radical (unpaired) electrons. The lowest BCUT2D eigenvalue weighted by molar-refractivity contribution is 1.28. The molecule has 0 aliphatic carbocycles. The second-order valence-corrected chi connectivity index (χ2v) is 14.4. The highest BCUT2D eigenvalue weighted by atomic mass is 32.1. The molecule has 0 saturated carbocycles. The Kier molecular flexibility index (Phi) is 7.41. The molecule has 0 unspecified atom stereocenters. The van der Waals surface area contributed by atoms with Gasteiger partial charge in [0.15, 0.2) is 0 Å². The first-order valence-corrected chi connectivity index (χ1v) is 18.6. The van der Waals surface area contributed by atoms with Crippen LogP contribution in [0.25, 0.3) is 75.1 Å². The fraction of sp³-hybridized carbons (Fsp3) is 0. The van der Waals surface area contributed by atoms with Crippen LogP contribution in [0.1, 0.15) is 0 Å². The number of thiophene rings is 1. The van der Waals surface area contributed by atoms with Crippen LogP contribution in [0.15, 0.2) is 200 Å². The van der Waals surface area contributed by atoms with Gasteiger partial charge < -0.3 is 4.90 Å². The van der Waals surface area contributed by atoms with E-state index in [9.17, 15) is 0 Å². The zero-order chi connectivity index (χ0) is 34.4. The van der Waals surface area contributed by atoms with E-state index in [0.717, 1.165) is 17.1 Å². The van der Waals surface area contributed by atoms with Gasteiger partial charge in [-0.1, -0.05) is 152 Å². The van der Waals surface area contributed by atoms with Crippen LogP contribution in [0.2, 0.25) is 0 Å². The Hall–Kier alpha value is -6.48. The fourth-order valence-electron chi connectivity index (χ4n) is 7.79. The minimum atomic E-state index is 1.11. The highest BCUT2D eigenvalue weighted by Crippen LogP contribution is 2.45. The number of hydrogen-bond acceptors (Lipinski definition) is 2. The third-order valence-electron chi connectivity index (χ3n) is 10.2. The van der Waals surface area contributed by atoms with Gasteiger partial charge in [0.1, 0.15) is 0 Å². The van der Waals surface area contributed by atoms with E-state index in [0.29, 0.717) is 0 Å². The zero-order valence-corrected chi connectivity index (χ0v) is 29.2. The molecule has 0 N–H and O–H groups in total. The van der Waals surface area contributed by atoms with Gasteiger partial charge in [-0.2, -0.15) is 0 Å². The summed E-state index contributed by atoms with van der Waals surface area (Å²) < 4.78 is 2.63. The standard InChI is InChI=1S/C50H33NS/c1-2-14-37-32-39(27-26-34(37)12-1)44-19-5-7-23-47(44)51(40-30-28-36(29-31-40)43-21-10-15-35-13-3-4-18-42(35)43)41-17-9-16-38(33-41)45-22-11-25-49-50(45)46-20-6-8-24-48(46)52-49/h1-33H. The Balaban J connectivity index is 1.16. The highest BCUT2D eigenvalue weighted by molar-refractivity contribution is 7.25. The summed E-state index contributed by atoms with van der Waals surface area (Å²) in [7, 11) is 0. The molecule has 244 valence electrons. The van der Waals surface area contributed by atoms with Gasteiger partial charge >= 0.3 is 0 Å². The van der Waals surface area contributed by atoms with E-state index < -0.39 is 0 Å². The number of benzene rings is 9. The highest BCUT2D eigenvalue weighted by Gasteiger charge is 2.19. The Morgan fingerprint density at radius 1 is 0.327 bits per heavy atom. The van der Waals surface area contributed by atoms with Gasteiger partial charge in [0.25, 0.3) is 0 Å². The van der Waals surface area contributed by atoms with Gasteiger partial charge in [-0.25, -0.2) is 0 Å². The van der Waals surface area contributed by atoms with E-state index in [4.69, 9.17) is 0 Å². The largest absolute Gasteiger partial charge is 0.310 e. The lowest BCUT2D eigenvalue weighted by Crippen LogP contribution is -2.11. The van der Waals surface area contributed by atoms with Crippen LogP contribution in [0.3, 0.4) is 0 Å². The van der Waals surface area contributed by atoms with Crippen molar-refractivity contribution in [1.82, 2.24) is 0 Å². The Labute approximate surface area is 307 Å². The number of rotatable bonds is 6. The quantitative estimate of drug-likeness (QED) is 0.169. The number of hydrogen-bond donors (Lipinski definition) is 0. The van der Waals surface area contributed by atoms with Crippen molar-refractivity contribution in [3.05, 3.63) is 200 Å². The monoisotopic (exact) mass is 679 g/mol. The van der Waals surface area contributed by atoms with Crippen molar-refractivity contribution in [1.29, 1.82) is 0 Å². The first-order valence-electron chi connectivity index (χ1n) is 17.8. The summed E-state index contributed by atoms with van der Waals surface area (Å²) in [5.74, 6) is 0. The van der Waals surface area contributed by atoms with Crippen LogP contribution in [-0.2, 0) is 0 Å². The zero-order valence-electron chi connectivity index (χ0n) is 28.4. The molecule has 1 aromatic heterocycles. The fourth-order valence-corrected chi connectivity index (χ4v) is 8.92. The van der Waals surface area contributed by atoms with Crippen molar-refractivity contribution in [2.24, 2.45) is 0 Å². The average molecular weight is 680 g/mol. The summed E-state index contributed by atoms with van der Waals surface area (Å²) in [6, 6.07) is 73.0. The number of para-hydroxylation sites is 1. The summed E-state index contributed by atoms with van der Waals surface area (Å²) >= 11 is 1.86. The van der Waals surface area contributed by atoms with E-state index >= 15 is 0 Å². The van der Waals surface area contributed by atoms with Crippen molar-refractivity contribution in [2.45, 2.75) is 0 Å². The SMILES string of the molecule is c1cc(-c2cccc3sc4ccccc4c23)cc(N(c2ccc(-c3cccc4ccccc34)cc2)c2ccccc2-c2ccc3ccccc3c2)c1. The van der Waals surface area contributed by atoms with Gasteiger partial charge in [-0.05, 0) is 97.9 Å². The first-order chi connectivity index (χ1) is 25.8. The molecule has 0 saturated heterocycles. The van der Waals surface area contributed by atoms with Gasteiger partial charge in [-0.3, -0.25) is 0 Å². The van der Waals surface area contributed by atoms with Crippen LogP contribution in [0.5, 0.6) is 0 Å². The summed E-state index contributed by atoms with van der Waals surface area (Å²) in [6.07, 6.45) is 0. The molecule has 0 amide bonds. The molecule has 52 heavy (non-hydrogen) atoms. The topological polar surface area (TPSA) is 3.24 Å². The minimum absolute atomic E-state index is 1.11. The second kappa shape index (κ2) is 12.7. The van der Waals surface area contributed by atoms with Crippen molar-refractivity contribution >= 4 is 70.1 Å². The third-order valence-corrected chi connectivity index (χ3v) is 11.4. The molecule has 9 aromatic carbocycles. The van der Waals surface area contributed by atoms with E-state index in [1.807, 2.05) is 11.3 Å². The predicted octanol–water partition coefficient (Wildman–Crippen LogP) is 14.8. The van der Waals surface area contributed by atoms with Crippen molar-refractivity contribution in [3.63, 3.8) is 0 Å². The van der Waals surface area contributed by atoms with Crippen molar-refractivity contribution in [3.8, 4) is 33.4 Å². The molecular formula is C50H33NS. The van der Waals surface area contributed by atoms with Gasteiger partial charge in [0.05, 0.1) is 5.69 Å². The first kappa shape index (κ1) is 30.4. The number of nitrogens with zero attached hydrogens (tertiary/aromatic N) is 1. The van der Waals surface area contributed by atoms with E-state index in [1.165, 1.54) is 75.1 Å². The van der Waals surface area contributed by atoms with Gasteiger partial charge in [0, 0.05) is 37.1 Å². The van der Waals surface area contributed by atoms with Crippen LogP contribution in [-0.4, -0.2) is 0 Å². The summed E-state index contributed by atoms with van der Waals surface area (Å²) in [5.41, 5.74) is 10.6. The Morgan fingerprint density at radius 3 is 1.85 bits per heavy atom. The molecule has 0 fully saturated rings. The maximum atomic E-state index is 2.42. The maximum absolute atomic E-state index is 2.42. The van der Waals surface area contributed by atoms with Crippen LogP contribution >= 0.6 is 11.3 Å². The molecule has 1 nitrogen and oxygen atoms in total. The van der Waals surface area contributed by atoms with E-state index in [1.54, 1.807) is 0 Å². The second-order valence-electron chi connectivity index (χ2n) is 13.3. The van der Waals surface area contributed by atoms with E-state index in [-0.39, 0.29) is 0 Å². The maximum Gasteiger partial charge on any atom is 0.0540 e. The van der Waals surface area contributed by atoms with Crippen molar-refractivity contribution in [2.75, 3.05) is 4.90 Å². The number of fused-ring (bicyclic) bond motifs is 5. The van der Waals surface area contributed by atoms with Crippen LogP contribution in [0.4, 0.5) is 17.1 Å². The molecule has 10 aromatic rings. The molecular weight excluding hydrogens is 647 g/mol. The van der Waals surface area contributed by atoms with Gasteiger partial charge in [0.2, 0.25) is 0 Å². The molecule has 2 heteroatoms. The lowest BCUT2D eigenvalue weighted by atomic mass is 9.96. The molecule has 0 spiro atoms. The molecule has 10 rings (SSSR count). The smallest absolute Gasteiger partial charge is 0.0540 e. The molecule has 0 bridgehead atoms. The number of anilines is 3. The summed E-state index contributed by atoms with van der Waals surface area (Å²) in [5, 5.41) is 7.62. The Morgan fingerprint density at radius 2 is 0.942 bits per heavy atom. The minimum Gasteiger partial charge on any atom is -0.310 e. The Bertz CT molecular complexity index is 2910. The van der Waals surface area contributed by atoms with Crippen molar-refractivity contribution < 1.29 is 0 Å². The summed E-state index contributed by atoms with van der Waals surface area (Å²) in [4.78, 5) is 2.42. The summed E-state index contributed by atoms with van der Waals surface area (Å²) in [6.45, 7) is 0. The normalized spacial score (nSPS) is 11.5. The van der Waals surface area contributed by atoms with Crippen LogP contribution in [0, 0.1) is 0 Å². The molecule has 0 atom stereocenters. The van der Waals surface area contributed by atoms with Crippen LogP contribution < -0.4 is 4.90 Å². The van der Waals surface area contributed by atoms with E-state index in [2.05, 4.69) is 205 Å². The molecule has 0 aliphatic rings. The predicted molar refractivity (Wildman–Crippen MR) is 225 cm³/mol. The van der Waals surface area contributed by atoms with Gasteiger partial charge in [-0.15, -0.1) is 11.3 Å². The third kappa shape index (κ3) is 5.24. The lowest BCUT2D eigenvalue weighted by Gasteiger charge is -2.28. The molecule has 0 aliphatic heterocycles. The molecule has 1 heterocycles. The average Bonchev–Trinajstić information content (AvgIpc) is 3.60.